The summed E-state index contributed by atoms with van der Waals surface area (Å²) in [5.41, 5.74) is 18.8. The van der Waals surface area contributed by atoms with Crippen LogP contribution in [-0.4, -0.2) is 6.71 Å². The summed E-state index contributed by atoms with van der Waals surface area (Å²) in [4.78, 5) is 2.33. The second kappa shape index (κ2) is 9.71. The van der Waals surface area contributed by atoms with E-state index < -0.39 is 0 Å². The van der Waals surface area contributed by atoms with Gasteiger partial charge in [-0.25, -0.2) is 0 Å². The van der Waals surface area contributed by atoms with Crippen LogP contribution in [0.3, 0.4) is 0 Å². The zero-order valence-corrected chi connectivity index (χ0v) is 26.9. The van der Waals surface area contributed by atoms with Gasteiger partial charge >= 0.3 is 0 Å². The van der Waals surface area contributed by atoms with Gasteiger partial charge in [-0.05, 0) is 80.9 Å². The number of para-hydroxylation sites is 2. The molecule has 0 N–H and O–H groups in total. The van der Waals surface area contributed by atoms with Gasteiger partial charge in [0.1, 0.15) is 0 Å². The topological polar surface area (TPSA) is 3.24 Å². The van der Waals surface area contributed by atoms with Gasteiger partial charge in [-0.15, -0.1) is 0 Å². The minimum absolute atomic E-state index is 0.125. The molecule has 2 heteroatoms. The van der Waals surface area contributed by atoms with Gasteiger partial charge in [0.25, 0.3) is 0 Å². The van der Waals surface area contributed by atoms with Crippen molar-refractivity contribution in [2.75, 3.05) is 4.90 Å². The Balaban J connectivity index is 1.24. The smallest absolute Gasteiger partial charge is 0.244 e. The van der Waals surface area contributed by atoms with Crippen LogP contribution in [-0.2, 0) is 10.8 Å². The minimum atomic E-state index is -0.125. The summed E-state index contributed by atoms with van der Waals surface area (Å²) in [5, 5.41) is 0. The molecular formula is C44H36BN. The van der Waals surface area contributed by atoms with Crippen LogP contribution in [0.2, 0.25) is 0 Å². The van der Waals surface area contributed by atoms with E-state index in [1.165, 1.54) is 60.9 Å². The monoisotopic (exact) mass is 589 g/mol. The highest BCUT2D eigenvalue weighted by Crippen LogP contribution is 2.44. The van der Waals surface area contributed by atoms with Crippen molar-refractivity contribution in [1.29, 1.82) is 0 Å². The third-order valence-corrected chi connectivity index (χ3v) is 10.9. The number of anilines is 3. The normalized spacial score (nSPS) is 15.6. The van der Waals surface area contributed by atoms with Gasteiger partial charge in [-0.3, -0.25) is 0 Å². The lowest BCUT2D eigenvalue weighted by atomic mass is 9.26. The molecular weight excluding hydrogens is 553 g/mol. The minimum Gasteiger partial charge on any atom is -0.311 e. The number of nitrogens with zero attached hydrogens (tertiary/aromatic N) is 1. The van der Waals surface area contributed by atoms with Crippen molar-refractivity contribution in [2.24, 2.45) is 0 Å². The standard InChI is InChI=1S/C44H36BN/c1-43(2)36-19-11-13-30-21-22-31-14-12-20-37-41(31)45(40(30)36)42-38(43)27-32(28-39(42)44(37,3)4)29-23-25-35(26-24-29)46(33-15-7-5-8-16-33)34-17-9-6-10-18-34/h5-28H,1-4H3. The molecule has 0 fully saturated rings. The van der Waals surface area contributed by atoms with E-state index in [0.717, 1.165) is 17.1 Å². The van der Waals surface area contributed by atoms with Crippen molar-refractivity contribution < 1.29 is 0 Å². The van der Waals surface area contributed by atoms with E-state index in [0.29, 0.717) is 0 Å². The maximum absolute atomic E-state index is 2.51. The van der Waals surface area contributed by atoms with Crippen molar-refractivity contribution in [1.82, 2.24) is 0 Å². The summed E-state index contributed by atoms with van der Waals surface area (Å²) < 4.78 is 0. The predicted molar refractivity (Wildman–Crippen MR) is 197 cm³/mol. The third kappa shape index (κ3) is 3.77. The fourth-order valence-electron chi connectivity index (χ4n) is 8.66. The summed E-state index contributed by atoms with van der Waals surface area (Å²) in [6.45, 7) is 9.98. The van der Waals surface area contributed by atoms with E-state index in [2.05, 4.69) is 178 Å². The molecule has 0 saturated carbocycles. The van der Waals surface area contributed by atoms with E-state index in [9.17, 15) is 0 Å². The molecule has 0 saturated heterocycles. The molecule has 1 nitrogen and oxygen atoms in total. The Labute approximate surface area is 273 Å². The Morgan fingerprint density at radius 1 is 0.413 bits per heavy atom. The van der Waals surface area contributed by atoms with Gasteiger partial charge in [0, 0.05) is 27.9 Å². The fourth-order valence-corrected chi connectivity index (χ4v) is 8.66. The zero-order chi connectivity index (χ0) is 31.2. The zero-order valence-electron chi connectivity index (χ0n) is 26.9. The first-order valence-corrected chi connectivity index (χ1v) is 16.5. The summed E-state index contributed by atoms with van der Waals surface area (Å²) in [7, 11) is 0. The predicted octanol–water partition coefficient (Wildman–Crippen LogP) is 9.10. The van der Waals surface area contributed by atoms with E-state index >= 15 is 0 Å². The molecule has 9 rings (SSSR count). The Morgan fingerprint density at radius 2 is 0.870 bits per heavy atom. The highest BCUT2D eigenvalue weighted by molar-refractivity contribution is 6.98. The van der Waals surface area contributed by atoms with Crippen molar-refractivity contribution in [3.63, 3.8) is 0 Å². The van der Waals surface area contributed by atoms with Gasteiger partial charge in [0.2, 0.25) is 6.71 Å². The highest BCUT2D eigenvalue weighted by atomic mass is 15.1. The van der Waals surface area contributed by atoms with Crippen LogP contribution in [0, 0.1) is 0 Å². The summed E-state index contributed by atoms with van der Waals surface area (Å²) >= 11 is 0. The van der Waals surface area contributed by atoms with Crippen molar-refractivity contribution in [2.45, 2.75) is 38.5 Å². The van der Waals surface area contributed by atoms with E-state index in [1.54, 1.807) is 0 Å². The van der Waals surface area contributed by atoms with Crippen LogP contribution in [0.5, 0.6) is 0 Å². The van der Waals surface area contributed by atoms with Crippen molar-refractivity contribution >= 4 is 52.3 Å². The van der Waals surface area contributed by atoms with Gasteiger partial charge < -0.3 is 4.90 Å². The lowest BCUT2D eigenvalue weighted by Gasteiger charge is -2.47. The van der Waals surface area contributed by atoms with Crippen molar-refractivity contribution in [3.05, 3.63) is 167 Å². The summed E-state index contributed by atoms with van der Waals surface area (Å²) in [5.74, 6) is 0. The molecule has 46 heavy (non-hydrogen) atoms. The number of hydrogen-bond donors (Lipinski definition) is 0. The van der Waals surface area contributed by atoms with Crippen LogP contribution >= 0.6 is 0 Å². The molecule has 6 aromatic rings. The van der Waals surface area contributed by atoms with Crippen LogP contribution in [0.15, 0.2) is 133 Å². The average Bonchev–Trinajstić information content (AvgIpc) is 3.25. The van der Waals surface area contributed by atoms with Gasteiger partial charge in [0.15, 0.2) is 0 Å². The molecule has 0 unspecified atom stereocenters. The van der Waals surface area contributed by atoms with Crippen LogP contribution in [0.1, 0.15) is 61.1 Å². The van der Waals surface area contributed by atoms with Crippen LogP contribution < -0.4 is 21.3 Å². The quantitative estimate of drug-likeness (QED) is 0.185. The Hall–Kier alpha value is -5.08. The number of hydrogen-bond acceptors (Lipinski definition) is 1. The molecule has 0 spiro atoms. The molecule has 0 aliphatic carbocycles. The number of benzene rings is 6. The van der Waals surface area contributed by atoms with Crippen LogP contribution in [0.25, 0.3) is 23.3 Å². The van der Waals surface area contributed by atoms with Gasteiger partial charge in [-0.1, -0.05) is 153 Å². The second-order valence-corrected chi connectivity index (χ2v) is 14.2. The maximum atomic E-state index is 2.51. The Kier molecular flexibility index (Phi) is 5.75. The number of rotatable bonds is 4. The largest absolute Gasteiger partial charge is 0.311 e. The van der Waals surface area contributed by atoms with Gasteiger partial charge in [-0.2, -0.15) is 0 Å². The van der Waals surface area contributed by atoms with Crippen molar-refractivity contribution in [3.8, 4) is 11.1 Å². The molecule has 220 valence electrons. The average molecular weight is 590 g/mol. The molecule has 6 aromatic carbocycles. The molecule has 0 amide bonds. The lowest BCUT2D eigenvalue weighted by Crippen LogP contribution is -2.67. The third-order valence-electron chi connectivity index (χ3n) is 10.9. The SMILES string of the molecule is CC1(C)c2cccc3c2B2c4c(cccc4C(C)(C)c4cc(-c5ccc(N(c6ccccc6)c6ccccc6)cc5)cc1c42)C=C3. The van der Waals surface area contributed by atoms with E-state index in [-0.39, 0.29) is 17.5 Å². The Morgan fingerprint density at radius 3 is 1.35 bits per heavy atom. The summed E-state index contributed by atoms with van der Waals surface area (Å²) in [6.07, 6.45) is 4.70. The molecule has 0 aromatic heterocycles. The molecule has 3 aliphatic rings. The summed E-state index contributed by atoms with van der Waals surface area (Å²) in [6, 6.07) is 49.4. The Bertz CT molecular complexity index is 2060. The molecule has 0 radical (unpaired) electrons. The first kappa shape index (κ1) is 27.3. The molecule has 0 atom stereocenters. The highest BCUT2D eigenvalue weighted by Gasteiger charge is 2.50. The van der Waals surface area contributed by atoms with E-state index in [1.807, 2.05) is 0 Å². The molecule has 3 aliphatic heterocycles. The first-order valence-electron chi connectivity index (χ1n) is 16.5. The van der Waals surface area contributed by atoms with Crippen LogP contribution in [0.4, 0.5) is 17.1 Å². The molecule has 3 heterocycles. The molecule has 0 bridgehead atoms. The maximum Gasteiger partial charge on any atom is 0.244 e. The lowest BCUT2D eigenvalue weighted by molar-refractivity contribution is 0.622. The van der Waals surface area contributed by atoms with E-state index in [4.69, 9.17) is 0 Å². The first-order chi connectivity index (χ1) is 22.3. The second-order valence-electron chi connectivity index (χ2n) is 14.2. The van der Waals surface area contributed by atoms with Gasteiger partial charge in [0.05, 0.1) is 0 Å². The fraction of sp³-hybridized carbons (Fsp3) is 0.136.